The van der Waals surface area contributed by atoms with Crippen LogP contribution in [0.2, 0.25) is 0 Å². The van der Waals surface area contributed by atoms with Gasteiger partial charge in [-0.25, -0.2) is 0 Å². The third-order valence-corrected chi connectivity index (χ3v) is 3.19. The second-order valence-electron chi connectivity index (χ2n) is 3.85. The molecule has 0 saturated heterocycles. The molecule has 2 aromatic carbocycles. The molecule has 0 saturated carbocycles. The average molecular weight is 369 g/mol. The van der Waals surface area contributed by atoms with Gasteiger partial charge in [-0.05, 0) is 52.9 Å². The lowest BCUT2D eigenvalue weighted by Crippen LogP contribution is -2.11. The molecule has 0 unspecified atom stereocenters. The van der Waals surface area contributed by atoms with E-state index in [1.54, 1.807) is 24.3 Å². The fraction of sp³-hybridized carbons (Fsp3) is 0.0714. The minimum Gasteiger partial charge on any atom is -0.504 e. The predicted octanol–water partition coefficient (Wildman–Crippen LogP) is 3.26. The number of amides is 1. The van der Waals surface area contributed by atoms with Crippen molar-refractivity contribution in [3.8, 4) is 11.5 Å². The summed E-state index contributed by atoms with van der Waals surface area (Å²) >= 11 is 2.15. The van der Waals surface area contributed by atoms with Crippen molar-refractivity contribution in [3.63, 3.8) is 0 Å². The number of phenolic OH excluding ortho intramolecular Hbond substituents is 1. The maximum Gasteiger partial charge on any atom is 0.255 e. The maximum atomic E-state index is 12.0. The van der Waals surface area contributed by atoms with Crippen molar-refractivity contribution in [1.82, 2.24) is 0 Å². The Morgan fingerprint density at radius 3 is 2.68 bits per heavy atom. The Hall–Kier alpha value is -1.76. The highest BCUT2D eigenvalue weighted by molar-refractivity contribution is 14.1. The summed E-state index contributed by atoms with van der Waals surface area (Å²) < 4.78 is 5.93. The summed E-state index contributed by atoms with van der Waals surface area (Å²) in [4.78, 5) is 12.0. The van der Waals surface area contributed by atoms with Crippen molar-refractivity contribution in [2.24, 2.45) is 0 Å². The molecule has 19 heavy (non-hydrogen) atoms. The molecule has 0 radical (unpaired) electrons. The van der Waals surface area contributed by atoms with Crippen LogP contribution in [0, 0.1) is 3.57 Å². The van der Waals surface area contributed by atoms with Crippen LogP contribution in [0.1, 0.15) is 10.4 Å². The summed E-state index contributed by atoms with van der Waals surface area (Å²) in [5.41, 5.74) is 1.09. The first-order valence-electron chi connectivity index (χ1n) is 5.54. The van der Waals surface area contributed by atoms with Crippen molar-refractivity contribution < 1.29 is 14.6 Å². The topological polar surface area (TPSA) is 58.6 Å². The van der Waals surface area contributed by atoms with Gasteiger partial charge in [-0.1, -0.05) is 6.07 Å². The summed E-state index contributed by atoms with van der Waals surface area (Å²) in [5, 5.41) is 12.4. The van der Waals surface area contributed by atoms with Crippen molar-refractivity contribution in [3.05, 3.63) is 51.6 Å². The predicted molar refractivity (Wildman–Crippen MR) is 81.8 cm³/mol. The summed E-state index contributed by atoms with van der Waals surface area (Å²) in [6.45, 7) is 0. The number of hydrogen-bond acceptors (Lipinski definition) is 3. The lowest BCUT2D eigenvalue weighted by atomic mass is 10.2. The smallest absolute Gasteiger partial charge is 0.255 e. The van der Waals surface area contributed by atoms with E-state index in [4.69, 9.17) is 4.74 Å². The van der Waals surface area contributed by atoms with Gasteiger partial charge in [0.2, 0.25) is 0 Å². The van der Waals surface area contributed by atoms with Gasteiger partial charge in [0.25, 0.3) is 5.91 Å². The van der Waals surface area contributed by atoms with Gasteiger partial charge in [-0.15, -0.1) is 0 Å². The molecule has 0 heterocycles. The quantitative estimate of drug-likeness (QED) is 0.817. The highest BCUT2D eigenvalue weighted by Crippen LogP contribution is 2.28. The molecule has 98 valence electrons. The van der Waals surface area contributed by atoms with E-state index in [1.165, 1.54) is 13.2 Å². The van der Waals surface area contributed by atoms with Crippen molar-refractivity contribution in [2.45, 2.75) is 0 Å². The molecule has 0 aliphatic rings. The number of hydrogen-bond donors (Lipinski definition) is 2. The Morgan fingerprint density at radius 2 is 2.05 bits per heavy atom. The molecule has 0 aromatic heterocycles. The molecule has 0 bridgehead atoms. The van der Waals surface area contributed by atoms with E-state index in [-0.39, 0.29) is 11.7 Å². The van der Waals surface area contributed by atoms with Crippen molar-refractivity contribution in [2.75, 3.05) is 12.4 Å². The van der Waals surface area contributed by atoms with E-state index in [9.17, 15) is 9.90 Å². The Balaban J connectivity index is 2.17. The highest BCUT2D eigenvalue weighted by atomic mass is 127. The lowest BCUT2D eigenvalue weighted by Gasteiger charge is -2.08. The van der Waals surface area contributed by atoms with Crippen LogP contribution in [0.5, 0.6) is 11.5 Å². The van der Waals surface area contributed by atoms with Crippen LogP contribution in [-0.2, 0) is 0 Å². The molecular weight excluding hydrogens is 357 g/mol. The lowest BCUT2D eigenvalue weighted by molar-refractivity contribution is 0.102. The number of phenols is 1. The van der Waals surface area contributed by atoms with Gasteiger partial charge in [-0.2, -0.15) is 0 Å². The van der Waals surface area contributed by atoms with Gasteiger partial charge in [0.1, 0.15) is 0 Å². The van der Waals surface area contributed by atoms with E-state index in [2.05, 4.69) is 27.9 Å². The molecule has 0 aliphatic carbocycles. The first-order chi connectivity index (χ1) is 9.10. The molecule has 2 rings (SSSR count). The van der Waals surface area contributed by atoms with Crippen LogP contribution in [0.25, 0.3) is 0 Å². The summed E-state index contributed by atoms with van der Waals surface area (Å²) in [5.74, 6) is 0.137. The third-order valence-electron chi connectivity index (χ3n) is 2.52. The Labute approximate surface area is 124 Å². The molecule has 0 aliphatic heterocycles. The molecular formula is C14H12INO3. The third kappa shape index (κ3) is 3.37. The standard InChI is InChI=1S/C14H12INO3/c1-19-13-6-5-11(8-12(13)17)16-14(18)9-3-2-4-10(15)7-9/h2-8,17H,1H3,(H,16,18). The molecule has 0 atom stereocenters. The fourth-order valence-electron chi connectivity index (χ4n) is 1.60. The zero-order chi connectivity index (χ0) is 13.8. The molecule has 0 fully saturated rings. The number of nitrogens with one attached hydrogen (secondary N) is 1. The SMILES string of the molecule is COc1ccc(NC(=O)c2cccc(I)c2)cc1O. The number of ether oxygens (including phenoxy) is 1. The second kappa shape index (κ2) is 5.92. The first-order valence-corrected chi connectivity index (χ1v) is 6.62. The van der Waals surface area contributed by atoms with Crippen LogP contribution in [0.3, 0.4) is 0 Å². The summed E-state index contributed by atoms with van der Waals surface area (Å²) in [6, 6.07) is 12.0. The number of anilines is 1. The summed E-state index contributed by atoms with van der Waals surface area (Å²) in [6.07, 6.45) is 0. The van der Waals surface area contributed by atoms with Gasteiger partial charge in [0, 0.05) is 20.9 Å². The number of benzene rings is 2. The number of carbonyl (C=O) groups is 1. The van der Waals surface area contributed by atoms with E-state index < -0.39 is 0 Å². The van der Waals surface area contributed by atoms with E-state index in [1.807, 2.05) is 12.1 Å². The fourth-order valence-corrected chi connectivity index (χ4v) is 2.14. The zero-order valence-corrected chi connectivity index (χ0v) is 12.3. The average Bonchev–Trinajstić information content (AvgIpc) is 2.39. The van der Waals surface area contributed by atoms with Crippen molar-refractivity contribution in [1.29, 1.82) is 0 Å². The zero-order valence-electron chi connectivity index (χ0n) is 10.2. The monoisotopic (exact) mass is 369 g/mol. The van der Waals surface area contributed by atoms with Crippen LogP contribution in [0.4, 0.5) is 5.69 Å². The van der Waals surface area contributed by atoms with Gasteiger partial charge < -0.3 is 15.2 Å². The van der Waals surface area contributed by atoms with Crippen LogP contribution in [-0.4, -0.2) is 18.1 Å². The molecule has 5 heteroatoms. The molecule has 2 aromatic rings. The number of halogens is 1. The number of carbonyl (C=O) groups excluding carboxylic acids is 1. The molecule has 2 N–H and O–H groups in total. The van der Waals surface area contributed by atoms with Crippen LogP contribution >= 0.6 is 22.6 Å². The highest BCUT2D eigenvalue weighted by Gasteiger charge is 2.08. The van der Waals surface area contributed by atoms with Crippen LogP contribution in [0.15, 0.2) is 42.5 Å². The Morgan fingerprint density at radius 1 is 1.26 bits per heavy atom. The van der Waals surface area contributed by atoms with E-state index in [0.717, 1.165) is 3.57 Å². The number of aromatic hydroxyl groups is 1. The number of methoxy groups -OCH3 is 1. The van der Waals surface area contributed by atoms with E-state index >= 15 is 0 Å². The Bertz CT molecular complexity index is 613. The molecule has 4 nitrogen and oxygen atoms in total. The molecule has 0 spiro atoms. The molecule has 1 amide bonds. The van der Waals surface area contributed by atoms with Gasteiger partial charge in [0.15, 0.2) is 11.5 Å². The normalized spacial score (nSPS) is 10.0. The van der Waals surface area contributed by atoms with Crippen LogP contribution < -0.4 is 10.1 Å². The van der Waals surface area contributed by atoms with Gasteiger partial charge in [0.05, 0.1) is 7.11 Å². The van der Waals surface area contributed by atoms with Gasteiger partial charge in [-0.3, -0.25) is 4.79 Å². The minimum absolute atomic E-state index is 0.0112. The maximum absolute atomic E-state index is 12.0. The first kappa shape index (κ1) is 13.7. The second-order valence-corrected chi connectivity index (χ2v) is 5.10. The van der Waals surface area contributed by atoms with Gasteiger partial charge >= 0.3 is 0 Å². The van der Waals surface area contributed by atoms with Crippen molar-refractivity contribution >= 4 is 34.2 Å². The van der Waals surface area contributed by atoms with E-state index in [0.29, 0.717) is 17.0 Å². The Kier molecular flexibility index (Phi) is 4.26. The summed E-state index contributed by atoms with van der Waals surface area (Å²) in [7, 11) is 1.47. The minimum atomic E-state index is -0.219. The largest absolute Gasteiger partial charge is 0.504 e. The number of rotatable bonds is 3.